The second kappa shape index (κ2) is 6.91. The van der Waals surface area contributed by atoms with Gasteiger partial charge in [0.15, 0.2) is 0 Å². The summed E-state index contributed by atoms with van der Waals surface area (Å²) in [5, 5.41) is 6.13. The molecule has 2 aliphatic rings. The molecule has 5 nitrogen and oxygen atoms in total. The van der Waals surface area contributed by atoms with Crippen LogP contribution in [0.1, 0.15) is 23.2 Å². The van der Waals surface area contributed by atoms with Crippen molar-refractivity contribution in [1.82, 2.24) is 10.6 Å². The van der Waals surface area contributed by atoms with Crippen LogP contribution < -0.4 is 15.5 Å². The van der Waals surface area contributed by atoms with E-state index in [9.17, 15) is 9.59 Å². The summed E-state index contributed by atoms with van der Waals surface area (Å²) >= 11 is 0. The van der Waals surface area contributed by atoms with E-state index in [4.69, 9.17) is 0 Å². The molecule has 2 saturated heterocycles. The molecule has 0 atom stereocenters. The van der Waals surface area contributed by atoms with Crippen molar-refractivity contribution < 1.29 is 9.59 Å². The quantitative estimate of drug-likeness (QED) is 0.878. The van der Waals surface area contributed by atoms with E-state index in [1.807, 2.05) is 12.1 Å². The fraction of sp³-hybridized carbons (Fsp3) is 0.467. The Morgan fingerprint density at radius 3 is 2.81 bits per heavy atom. The van der Waals surface area contributed by atoms with E-state index >= 15 is 0 Å². The van der Waals surface area contributed by atoms with E-state index < -0.39 is 0 Å². The highest BCUT2D eigenvalue weighted by molar-refractivity contribution is 5.99. The molecule has 2 fully saturated rings. The number of amides is 2. The highest BCUT2D eigenvalue weighted by Crippen LogP contribution is 2.22. The minimum Gasteiger partial charge on any atom is -0.352 e. The topological polar surface area (TPSA) is 61.4 Å². The summed E-state index contributed by atoms with van der Waals surface area (Å²) in [6, 6.07) is 7.31. The third kappa shape index (κ3) is 3.54. The zero-order valence-corrected chi connectivity index (χ0v) is 12.6. The standard InChI is InChI=1S/C15H19N3O2.ClH/c19-14-5-2-6-18(14)13-4-1-3-12(7-13)15(20)17-10-11-8-16-9-11;/h1,3-4,7,11,16H,2,5-6,8-10H2,(H,17,20);1H. The van der Waals surface area contributed by atoms with E-state index in [2.05, 4.69) is 10.6 Å². The molecule has 2 N–H and O–H groups in total. The van der Waals surface area contributed by atoms with Crippen LogP contribution in [-0.4, -0.2) is 38.0 Å². The average Bonchev–Trinajstić information content (AvgIpc) is 2.83. The monoisotopic (exact) mass is 309 g/mol. The second-order valence-electron chi connectivity index (χ2n) is 5.43. The Kier molecular flexibility index (Phi) is 5.20. The van der Waals surface area contributed by atoms with Gasteiger partial charge in [-0.05, 0) is 24.6 Å². The molecular weight excluding hydrogens is 290 g/mol. The molecule has 2 amide bonds. The fourth-order valence-electron chi connectivity index (χ4n) is 2.57. The molecule has 1 aromatic rings. The third-order valence-electron chi connectivity index (χ3n) is 3.91. The van der Waals surface area contributed by atoms with Crippen molar-refractivity contribution in [1.29, 1.82) is 0 Å². The molecular formula is C15H20ClN3O2. The second-order valence-corrected chi connectivity index (χ2v) is 5.43. The number of halogens is 1. The van der Waals surface area contributed by atoms with E-state index in [0.29, 0.717) is 24.4 Å². The molecule has 6 heteroatoms. The zero-order valence-electron chi connectivity index (χ0n) is 11.8. The van der Waals surface area contributed by atoms with Crippen molar-refractivity contribution in [3.63, 3.8) is 0 Å². The summed E-state index contributed by atoms with van der Waals surface area (Å²) in [5.74, 6) is 0.621. The van der Waals surface area contributed by atoms with Gasteiger partial charge in [0.25, 0.3) is 5.91 Å². The highest BCUT2D eigenvalue weighted by Gasteiger charge is 2.22. The first kappa shape index (κ1) is 15.8. The molecule has 1 aromatic carbocycles. The Labute approximate surface area is 130 Å². The summed E-state index contributed by atoms with van der Waals surface area (Å²) in [6.07, 6.45) is 1.50. The number of hydrogen-bond acceptors (Lipinski definition) is 3. The number of anilines is 1. The van der Waals surface area contributed by atoms with Crippen LogP contribution in [0.2, 0.25) is 0 Å². The average molecular weight is 310 g/mol. The van der Waals surface area contributed by atoms with E-state index in [-0.39, 0.29) is 24.2 Å². The van der Waals surface area contributed by atoms with Gasteiger partial charge in [-0.3, -0.25) is 9.59 Å². The lowest BCUT2D eigenvalue weighted by atomic mass is 10.0. The summed E-state index contributed by atoms with van der Waals surface area (Å²) < 4.78 is 0. The summed E-state index contributed by atoms with van der Waals surface area (Å²) in [4.78, 5) is 25.6. The van der Waals surface area contributed by atoms with E-state index in [0.717, 1.165) is 31.7 Å². The van der Waals surface area contributed by atoms with Crippen LogP contribution in [0.25, 0.3) is 0 Å². The molecule has 0 radical (unpaired) electrons. The first-order chi connectivity index (χ1) is 9.74. The maximum atomic E-state index is 12.1. The van der Waals surface area contributed by atoms with Crippen LogP contribution in [-0.2, 0) is 4.79 Å². The Hall–Kier alpha value is -1.59. The van der Waals surface area contributed by atoms with Crippen LogP contribution in [0.15, 0.2) is 24.3 Å². The largest absolute Gasteiger partial charge is 0.352 e. The Morgan fingerprint density at radius 1 is 1.38 bits per heavy atom. The van der Waals surface area contributed by atoms with Crippen molar-refractivity contribution in [2.24, 2.45) is 5.92 Å². The summed E-state index contributed by atoms with van der Waals surface area (Å²) in [7, 11) is 0. The van der Waals surface area contributed by atoms with Crippen LogP contribution in [0.5, 0.6) is 0 Å². The molecule has 0 unspecified atom stereocenters. The van der Waals surface area contributed by atoms with Crippen LogP contribution in [0, 0.1) is 5.92 Å². The van der Waals surface area contributed by atoms with Gasteiger partial charge in [0.2, 0.25) is 5.91 Å². The van der Waals surface area contributed by atoms with E-state index in [1.165, 1.54) is 0 Å². The van der Waals surface area contributed by atoms with Gasteiger partial charge in [0, 0.05) is 49.8 Å². The molecule has 0 bridgehead atoms. The molecule has 3 rings (SSSR count). The van der Waals surface area contributed by atoms with Crippen molar-refractivity contribution in [2.75, 3.05) is 31.1 Å². The lowest BCUT2D eigenvalue weighted by molar-refractivity contribution is -0.117. The molecule has 0 saturated carbocycles. The van der Waals surface area contributed by atoms with Crippen LogP contribution in [0.3, 0.4) is 0 Å². The smallest absolute Gasteiger partial charge is 0.251 e. The molecule has 114 valence electrons. The Balaban J connectivity index is 0.00000161. The Morgan fingerprint density at radius 2 is 2.19 bits per heavy atom. The van der Waals surface area contributed by atoms with Gasteiger partial charge in [0.05, 0.1) is 0 Å². The number of nitrogens with one attached hydrogen (secondary N) is 2. The van der Waals surface area contributed by atoms with Gasteiger partial charge in [-0.1, -0.05) is 6.07 Å². The summed E-state index contributed by atoms with van der Waals surface area (Å²) in [6.45, 7) is 3.40. The van der Waals surface area contributed by atoms with Crippen molar-refractivity contribution in [3.05, 3.63) is 29.8 Å². The molecule has 2 heterocycles. The summed E-state index contributed by atoms with van der Waals surface area (Å²) in [5.41, 5.74) is 1.44. The number of benzene rings is 1. The minimum atomic E-state index is -0.0644. The number of carbonyl (C=O) groups excluding carboxylic acids is 2. The molecule has 0 aliphatic carbocycles. The van der Waals surface area contributed by atoms with Crippen LogP contribution in [0.4, 0.5) is 5.69 Å². The highest BCUT2D eigenvalue weighted by atomic mass is 35.5. The molecule has 0 aromatic heterocycles. The lowest BCUT2D eigenvalue weighted by Gasteiger charge is -2.27. The number of rotatable bonds is 4. The predicted octanol–water partition coefficient (Wildman–Crippen LogP) is 1.18. The SMILES string of the molecule is Cl.O=C(NCC1CNC1)c1cccc(N2CCCC2=O)c1. The number of carbonyl (C=O) groups is 2. The maximum absolute atomic E-state index is 12.1. The molecule has 21 heavy (non-hydrogen) atoms. The van der Waals surface area contributed by atoms with Gasteiger partial charge in [0.1, 0.15) is 0 Å². The van der Waals surface area contributed by atoms with Gasteiger partial charge in [-0.15, -0.1) is 12.4 Å². The van der Waals surface area contributed by atoms with Crippen molar-refractivity contribution in [3.8, 4) is 0 Å². The normalized spacial score (nSPS) is 18.1. The van der Waals surface area contributed by atoms with Crippen LogP contribution >= 0.6 is 12.4 Å². The van der Waals surface area contributed by atoms with E-state index in [1.54, 1.807) is 17.0 Å². The lowest BCUT2D eigenvalue weighted by Crippen LogP contribution is -2.48. The number of nitrogens with zero attached hydrogens (tertiary/aromatic N) is 1. The predicted molar refractivity (Wildman–Crippen MR) is 84.0 cm³/mol. The van der Waals surface area contributed by atoms with Crippen molar-refractivity contribution >= 4 is 29.9 Å². The number of hydrogen-bond donors (Lipinski definition) is 2. The third-order valence-corrected chi connectivity index (χ3v) is 3.91. The van der Waals surface area contributed by atoms with Crippen molar-refractivity contribution in [2.45, 2.75) is 12.8 Å². The van der Waals surface area contributed by atoms with Gasteiger partial charge in [-0.2, -0.15) is 0 Å². The minimum absolute atomic E-state index is 0. The molecule has 0 spiro atoms. The first-order valence-corrected chi connectivity index (χ1v) is 7.13. The van der Waals surface area contributed by atoms with Gasteiger partial charge >= 0.3 is 0 Å². The zero-order chi connectivity index (χ0) is 13.9. The fourth-order valence-corrected chi connectivity index (χ4v) is 2.57. The van der Waals surface area contributed by atoms with Gasteiger partial charge in [-0.25, -0.2) is 0 Å². The molecule has 2 aliphatic heterocycles. The Bertz CT molecular complexity index is 531. The first-order valence-electron chi connectivity index (χ1n) is 7.13. The maximum Gasteiger partial charge on any atom is 0.251 e. The van der Waals surface area contributed by atoms with Gasteiger partial charge < -0.3 is 15.5 Å².